The molecule has 2 N–H and O–H groups in total. The molecule has 0 radical (unpaired) electrons. The number of hydrogen-bond donors (Lipinski definition) is 1. The Morgan fingerprint density at radius 1 is 1.58 bits per heavy atom. The van der Waals surface area contributed by atoms with Crippen LogP contribution in [0.4, 0.5) is 4.79 Å². The lowest BCUT2D eigenvalue weighted by molar-refractivity contribution is 0.0776. The molecule has 0 aromatic rings. The van der Waals surface area contributed by atoms with Crippen molar-refractivity contribution in [3.05, 3.63) is 12.2 Å². The Balaban J connectivity index is 2.29. The standard InChI is InChI=1S/C8H14N2O2/c9-4-1-2-5-10-6-3-7-12-8(10)11/h1-2H,3-7,9H2/b2-1+. The summed E-state index contributed by atoms with van der Waals surface area (Å²) in [6.07, 6.45) is 4.42. The van der Waals surface area contributed by atoms with Crippen molar-refractivity contribution in [2.75, 3.05) is 26.2 Å². The molecule has 4 nitrogen and oxygen atoms in total. The monoisotopic (exact) mass is 170 g/mol. The molecular formula is C8H14N2O2. The molecular weight excluding hydrogens is 156 g/mol. The molecule has 1 amide bonds. The van der Waals surface area contributed by atoms with Gasteiger partial charge in [-0.2, -0.15) is 0 Å². The van der Waals surface area contributed by atoms with E-state index in [1.54, 1.807) is 4.90 Å². The van der Waals surface area contributed by atoms with Crippen molar-refractivity contribution >= 4 is 6.09 Å². The van der Waals surface area contributed by atoms with E-state index in [2.05, 4.69) is 0 Å². The van der Waals surface area contributed by atoms with Gasteiger partial charge in [0, 0.05) is 19.6 Å². The molecule has 0 aliphatic carbocycles. The molecule has 1 aliphatic heterocycles. The molecule has 1 fully saturated rings. The predicted molar refractivity (Wildman–Crippen MR) is 45.7 cm³/mol. The highest BCUT2D eigenvalue weighted by Gasteiger charge is 2.17. The summed E-state index contributed by atoms with van der Waals surface area (Å²) in [7, 11) is 0. The minimum Gasteiger partial charge on any atom is -0.449 e. The van der Waals surface area contributed by atoms with Crippen molar-refractivity contribution in [2.45, 2.75) is 6.42 Å². The van der Waals surface area contributed by atoms with Crippen LogP contribution < -0.4 is 5.73 Å². The predicted octanol–water partition coefficient (Wildman–Crippen LogP) is 0.344. The molecule has 4 heteroatoms. The number of nitrogens with two attached hydrogens (primary N) is 1. The van der Waals surface area contributed by atoms with Crippen LogP contribution in [0, 0.1) is 0 Å². The first-order valence-electron chi connectivity index (χ1n) is 4.11. The fraction of sp³-hybridized carbons (Fsp3) is 0.625. The molecule has 1 heterocycles. The van der Waals surface area contributed by atoms with E-state index in [0.29, 0.717) is 19.7 Å². The summed E-state index contributed by atoms with van der Waals surface area (Å²) in [4.78, 5) is 12.7. The Kier molecular flexibility index (Phi) is 3.60. The number of cyclic esters (lactones) is 1. The molecule has 0 aromatic heterocycles. The van der Waals surface area contributed by atoms with Crippen LogP contribution in [0.1, 0.15) is 6.42 Å². The van der Waals surface area contributed by atoms with Gasteiger partial charge < -0.3 is 15.4 Å². The number of carbonyl (C=O) groups excluding carboxylic acids is 1. The molecule has 0 bridgehead atoms. The summed E-state index contributed by atoms with van der Waals surface area (Å²) < 4.78 is 4.84. The summed E-state index contributed by atoms with van der Waals surface area (Å²) in [5.41, 5.74) is 5.26. The zero-order valence-corrected chi connectivity index (χ0v) is 7.03. The molecule has 68 valence electrons. The Bertz CT molecular complexity index is 180. The van der Waals surface area contributed by atoms with Crippen LogP contribution in [0.3, 0.4) is 0 Å². The van der Waals surface area contributed by atoms with E-state index >= 15 is 0 Å². The molecule has 0 atom stereocenters. The van der Waals surface area contributed by atoms with Crippen molar-refractivity contribution in [2.24, 2.45) is 5.73 Å². The van der Waals surface area contributed by atoms with Crippen molar-refractivity contribution in [1.82, 2.24) is 4.90 Å². The summed E-state index contributed by atoms with van der Waals surface area (Å²) in [6, 6.07) is 0. The van der Waals surface area contributed by atoms with Gasteiger partial charge in [0.15, 0.2) is 0 Å². The minimum atomic E-state index is -0.220. The Morgan fingerprint density at radius 2 is 2.42 bits per heavy atom. The third kappa shape index (κ3) is 2.54. The maximum Gasteiger partial charge on any atom is 0.410 e. The van der Waals surface area contributed by atoms with Gasteiger partial charge in [-0.05, 0) is 6.42 Å². The largest absolute Gasteiger partial charge is 0.449 e. The molecule has 1 saturated heterocycles. The van der Waals surface area contributed by atoms with Gasteiger partial charge in [0.2, 0.25) is 0 Å². The van der Waals surface area contributed by atoms with Crippen LogP contribution in [0.5, 0.6) is 0 Å². The highest BCUT2D eigenvalue weighted by atomic mass is 16.6. The van der Waals surface area contributed by atoms with Gasteiger partial charge in [-0.15, -0.1) is 0 Å². The van der Waals surface area contributed by atoms with E-state index in [4.69, 9.17) is 10.5 Å². The highest BCUT2D eigenvalue weighted by Crippen LogP contribution is 2.03. The van der Waals surface area contributed by atoms with E-state index in [1.165, 1.54) is 0 Å². The van der Waals surface area contributed by atoms with E-state index < -0.39 is 0 Å². The van der Waals surface area contributed by atoms with Crippen molar-refractivity contribution in [3.63, 3.8) is 0 Å². The Hall–Kier alpha value is -1.03. The van der Waals surface area contributed by atoms with Gasteiger partial charge in [-0.3, -0.25) is 0 Å². The van der Waals surface area contributed by atoms with E-state index in [1.807, 2.05) is 12.2 Å². The molecule has 0 unspecified atom stereocenters. The van der Waals surface area contributed by atoms with E-state index in [0.717, 1.165) is 13.0 Å². The fourth-order valence-electron chi connectivity index (χ4n) is 1.06. The van der Waals surface area contributed by atoms with Gasteiger partial charge in [-0.1, -0.05) is 12.2 Å². The van der Waals surface area contributed by atoms with Crippen LogP contribution in [-0.2, 0) is 4.74 Å². The topological polar surface area (TPSA) is 55.6 Å². The smallest absolute Gasteiger partial charge is 0.410 e. The van der Waals surface area contributed by atoms with Gasteiger partial charge in [0.05, 0.1) is 6.61 Å². The van der Waals surface area contributed by atoms with Crippen LogP contribution in [0.15, 0.2) is 12.2 Å². The van der Waals surface area contributed by atoms with Crippen LogP contribution >= 0.6 is 0 Å². The lowest BCUT2D eigenvalue weighted by Gasteiger charge is -2.24. The Morgan fingerprint density at radius 3 is 3.08 bits per heavy atom. The second kappa shape index (κ2) is 4.77. The van der Waals surface area contributed by atoms with E-state index in [-0.39, 0.29) is 6.09 Å². The van der Waals surface area contributed by atoms with Gasteiger partial charge in [0.25, 0.3) is 0 Å². The molecule has 12 heavy (non-hydrogen) atoms. The highest BCUT2D eigenvalue weighted by molar-refractivity contribution is 5.68. The molecule has 1 rings (SSSR count). The summed E-state index contributed by atoms with van der Waals surface area (Å²) in [5.74, 6) is 0. The third-order valence-electron chi connectivity index (χ3n) is 1.68. The van der Waals surface area contributed by atoms with Gasteiger partial charge >= 0.3 is 6.09 Å². The molecule has 1 aliphatic rings. The molecule has 0 saturated carbocycles. The maximum atomic E-state index is 11.0. The first-order chi connectivity index (χ1) is 5.84. The van der Waals surface area contributed by atoms with Gasteiger partial charge in [-0.25, -0.2) is 4.79 Å². The first kappa shape index (κ1) is 9.06. The van der Waals surface area contributed by atoms with Crippen LogP contribution in [0.25, 0.3) is 0 Å². The summed E-state index contributed by atoms with van der Waals surface area (Å²) in [6.45, 7) is 2.46. The molecule has 0 spiro atoms. The van der Waals surface area contributed by atoms with Crippen molar-refractivity contribution in [3.8, 4) is 0 Å². The number of ether oxygens (including phenoxy) is 1. The summed E-state index contributed by atoms with van der Waals surface area (Å²) >= 11 is 0. The number of carbonyl (C=O) groups is 1. The second-order valence-electron chi connectivity index (χ2n) is 2.62. The second-order valence-corrected chi connectivity index (χ2v) is 2.62. The average Bonchev–Trinajstić information content (AvgIpc) is 2.09. The third-order valence-corrected chi connectivity index (χ3v) is 1.68. The van der Waals surface area contributed by atoms with Crippen LogP contribution in [0.2, 0.25) is 0 Å². The Labute approximate surface area is 72.0 Å². The zero-order chi connectivity index (χ0) is 8.81. The molecule has 0 aromatic carbocycles. The number of amides is 1. The van der Waals surface area contributed by atoms with Gasteiger partial charge in [0.1, 0.15) is 0 Å². The SMILES string of the molecule is NC/C=C/CN1CCCOC1=O. The lowest BCUT2D eigenvalue weighted by Crippen LogP contribution is -2.37. The zero-order valence-electron chi connectivity index (χ0n) is 7.03. The fourth-order valence-corrected chi connectivity index (χ4v) is 1.06. The lowest BCUT2D eigenvalue weighted by atomic mass is 10.3. The summed E-state index contributed by atoms with van der Waals surface area (Å²) in [5, 5.41) is 0. The minimum absolute atomic E-state index is 0.220. The van der Waals surface area contributed by atoms with Crippen LogP contribution in [-0.4, -0.2) is 37.2 Å². The first-order valence-corrected chi connectivity index (χ1v) is 4.11. The van der Waals surface area contributed by atoms with Crippen molar-refractivity contribution in [1.29, 1.82) is 0 Å². The normalized spacial score (nSPS) is 18.4. The number of hydrogen-bond acceptors (Lipinski definition) is 3. The maximum absolute atomic E-state index is 11.0. The number of nitrogens with zero attached hydrogens (tertiary/aromatic N) is 1. The van der Waals surface area contributed by atoms with Crippen molar-refractivity contribution < 1.29 is 9.53 Å². The average molecular weight is 170 g/mol. The van der Waals surface area contributed by atoms with E-state index in [9.17, 15) is 4.79 Å². The quantitative estimate of drug-likeness (QED) is 0.621. The number of rotatable bonds is 3.